The van der Waals surface area contributed by atoms with Crippen LogP contribution in [0.3, 0.4) is 0 Å². The number of nitrogens with two attached hydrogens (primary N) is 1. The molecule has 0 aromatic heterocycles. The van der Waals surface area contributed by atoms with Gasteiger partial charge in [0, 0.05) is 29.6 Å². The lowest BCUT2D eigenvalue weighted by molar-refractivity contribution is -0.152. The number of hydrazone groups is 1. The fourth-order valence-electron chi connectivity index (χ4n) is 5.88. The van der Waals surface area contributed by atoms with Crippen LogP contribution in [0.25, 0.3) is 0 Å². The molecule has 2 fully saturated rings. The van der Waals surface area contributed by atoms with E-state index in [0.717, 1.165) is 17.6 Å². The van der Waals surface area contributed by atoms with Gasteiger partial charge in [0.1, 0.15) is 0 Å². The van der Waals surface area contributed by atoms with Gasteiger partial charge in [0.15, 0.2) is 30.8 Å². The van der Waals surface area contributed by atoms with E-state index < -0.39 is 25.0 Å². The summed E-state index contributed by atoms with van der Waals surface area (Å²) in [6.07, 6.45) is 2.86. The molecule has 3 N–H and O–H groups in total. The van der Waals surface area contributed by atoms with E-state index in [4.69, 9.17) is 28.5 Å². The molecule has 8 atom stereocenters. The Hall–Kier alpha value is -1.65. The molecule has 1 amide bonds. The summed E-state index contributed by atoms with van der Waals surface area (Å²) in [6.45, 7) is 26.9. The van der Waals surface area contributed by atoms with E-state index in [-0.39, 0.29) is 54.3 Å². The molecule has 0 bridgehead atoms. The highest BCUT2D eigenvalue weighted by molar-refractivity contribution is 6.70. The number of benzene rings is 1. The average Bonchev–Trinajstić information content (AvgIpc) is 3.67. The fraction of sp³-hybridized carbons (Fsp3) is 0.697. The van der Waals surface area contributed by atoms with Crippen LogP contribution in [0.5, 0.6) is 0 Å². The third-order valence-electron chi connectivity index (χ3n) is 7.87. The van der Waals surface area contributed by atoms with Gasteiger partial charge in [-0.25, -0.2) is 5.43 Å². The van der Waals surface area contributed by atoms with E-state index in [1.807, 2.05) is 37.3 Å². The molecule has 2 heterocycles. The van der Waals surface area contributed by atoms with Gasteiger partial charge in [-0.15, -0.1) is 0 Å². The summed E-state index contributed by atoms with van der Waals surface area (Å²) in [5, 5.41) is 4.07. The van der Waals surface area contributed by atoms with E-state index >= 15 is 0 Å². The number of rotatable bonds is 15. The molecule has 0 aliphatic carbocycles. The number of hydrogen-bond acceptors (Lipinski definition) is 7. The highest BCUT2D eigenvalue weighted by Gasteiger charge is 2.51. The zero-order valence-corrected chi connectivity index (χ0v) is 32.7. The van der Waals surface area contributed by atoms with Gasteiger partial charge in [-0.3, -0.25) is 4.79 Å². The largest absolute Gasteiger partial charge is 0.415 e. The van der Waals surface area contributed by atoms with Crippen LogP contribution in [-0.2, 0) is 27.5 Å². The molecule has 1 aromatic carbocycles. The van der Waals surface area contributed by atoms with E-state index in [9.17, 15) is 4.79 Å². The minimum absolute atomic E-state index is 0.116. The topological polar surface area (TPSA) is 117 Å². The Kier molecular flexibility index (Phi) is 13.0. The summed E-state index contributed by atoms with van der Waals surface area (Å²) in [6, 6.07) is 9.34. The third-order valence-corrected chi connectivity index (χ3v) is 10.9. The molecule has 254 valence electrons. The van der Waals surface area contributed by atoms with Crippen molar-refractivity contribution in [3.8, 4) is 0 Å². The maximum absolute atomic E-state index is 12.7. The van der Waals surface area contributed by atoms with Crippen molar-refractivity contribution in [1.82, 2.24) is 5.43 Å². The van der Waals surface area contributed by atoms with E-state index in [1.54, 1.807) is 6.08 Å². The second-order valence-corrected chi connectivity index (χ2v) is 29.1. The van der Waals surface area contributed by atoms with Gasteiger partial charge >= 0.3 is 0 Å². The van der Waals surface area contributed by atoms with Crippen molar-refractivity contribution in [2.24, 2.45) is 22.7 Å². The predicted molar refractivity (Wildman–Crippen MR) is 190 cm³/mol. The number of epoxide rings is 1. The summed E-state index contributed by atoms with van der Waals surface area (Å²) in [5.41, 5.74) is 10.2. The molecular formula is C33H59N3O6Si3. The van der Waals surface area contributed by atoms with E-state index in [0.29, 0.717) is 18.9 Å². The van der Waals surface area contributed by atoms with Crippen molar-refractivity contribution in [2.75, 3.05) is 6.61 Å². The van der Waals surface area contributed by atoms with Gasteiger partial charge in [-0.2, -0.15) is 5.10 Å². The zero-order valence-electron chi connectivity index (χ0n) is 29.7. The molecular weight excluding hydrogens is 619 g/mol. The minimum atomic E-state index is -1.99. The number of ether oxygens (including phenoxy) is 2. The second kappa shape index (κ2) is 15.5. The van der Waals surface area contributed by atoms with Crippen molar-refractivity contribution in [1.29, 1.82) is 0 Å². The van der Waals surface area contributed by atoms with Gasteiger partial charge < -0.3 is 28.5 Å². The van der Waals surface area contributed by atoms with E-state index in [1.165, 1.54) is 0 Å². The second-order valence-electron chi connectivity index (χ2n) is 15.7. The fourth-order valence-corrected chi connectivity index (χ4v) is 9.45. The number of nitrogens with one attached hydrogen (secondary N) is 1. The lowest BCUT2D eigenvalue weighted by Gasteiger charge is -2.47. The molecule has 45 heavy (non-hydrogen) atoms. The van der Waals surface area contributed by atoms with Gasteiger partial charge in [-0.05, 0) is 85.6 Å². The first-order valence-corrected chi connectivity index (χ1v) is 26.6. The summed E-state index contributed by atoms with van der Waals surface area (Å²) in [4.78, 5) is 12.7. The molecule has 2 aliphatic heterocycles. The Morgan fingerprint density at radius 2 is 1.58 bits per heavy atom. The monoisotopic (exact) mass is 677 g/mol. The van der Waals surface area contributed by atoms with Crippen molar-refractivity contribution in [3.05, 3.63) is 47.5 Å². The number of carbonyl (C=O) groups is 1. The predicted octanol–water partition coefficient (Wildman–Crippen LogP) is 6.25. The Bertz CT molecular complexity index is 1180. The Balaban J connectivity index is 1.73. The highest BCUT2D eigenvalue weighted by Crippen LogP contribution is 2.41. The van der Waals surface area contributed by atoms with Crippen molar-refractivity contribution >= 4 is 36.7 Å². The molecule has 0 radical (unpaired) electrons. The van der Waals surface area contributed by atoms with Gasteiger partial charge in [0.2, 0.25) is 0 Å². The van der Waals surface area contributed by atoms with Gasteiger partial charge in [-0.1, -0.05) is 42.8 Å². The molecule has 3 rings (SSSR count). The van der Waals surface area contributed by atoms with E-state index in [2.05, 4.69) is 83.3 Å². The summed E-state index contributed by atoms with van der Waals surface area (Å²) < 4.78 is 33.0. The number of amidine groups is 1. The zero-order chi connectivity index (χ0) is 33.7. The molecule has 0 spiro atoms. The van der Waals surface area contributed by atoms with Gasteiger partial charge in [0.05, 0.1) is 37.1 Å². The SMILES string of the molecule is C/C(=C\C(=O)N/N=C(\N)c1ccccc1)C[C@@H]1OC[C@H](C[C@@H]2O[C@H]2[C@@H](C)[C@H](C)O[Si](C)(C)C)[C@@H](O[Si](C)(C)C)[C@H]1O[Si](C)(C)C. The molecule has 0 saturated carbocycles. The third kappa shape index (κ3) is 12.8. The van der Waals surface area contributed by atoms with Crippen LogP contribution in [-0.4, -0.2) is 79.9 Å². The van der Waals surface area contributed by atoms with Crippen LogP contribution < -0.4 is 11.2 Å². The van der Waals surface area contributed by atoms with Crippen molar-refractivity contribution in [2.45, 2.75) is 129 Å². The first-order valence-electron chi connectivity index (χ1n) is 16.4. The van der Waals surface area contributed by atoms with Crippen LogP contribution in [0.15, 0.2) is 47.1 Å². The summed E-state index contributed by atoms with van der Waals surface area (Å²) in [7, 11) is -5.57. The van der Waals surface area contributed by atoms with Crippen LogP contribution in [0.2, 0.25) is 58.9 Å². The lowest BCUT2D eigenvalue weighted by Crippen LogP contribution is -2.58. The molecule has 1 aromatic rings. The lowest BCUT2D eigenvalue weighted by atomic mass is 9.85. The van der Waals surface area contributed by atoms with Crippen LogP contribution in [0.4, 0.5) is 0 Å². The Morgan fingerprint density at radius 1 is 0.978 bits per heavy atom. The van der Waals surface area contributed by atoms with Crippen LogP contribution in [0.1, 0.15) is 39.2 Å². The molecule has 2 saturated heterocycles. The summed E-state index contributed by atoms with van der Waals surface area (Å²) >= 11 is 0. The summed E-state index contributed by atoms with van der Waals surface area (Å²) in [5.74, 6) is 0.375. The Labute approximate surface area is 275 Å². The molecule has 2 aliphatic rings. The molecule has 0 unspecified atom stereocenters. The number of carbonyl (C=O) groups excluding carboxylic acids is 1. The van der Waals surface area contributed by atoms with Gasteiger partial charge in [0.25, 0.3) is 5.91 Å². The normalized spacial score (nSPS) is 28.0. The number of hydrogen-bond donors (Lipinski definition) is 2. The first-order chi connectivity index (χ1) is 20.7. The average molecular weight is 678 g/mol. The molecule has 12 heteroatoms. The van der Waals surface area contributed by atoms with Crippen molar-refractivity contribution < 1.29 is 27.5 Å². The minimum Gasteiger partial charge on any atom is -0.415 e. The number of amides is 1. The number of nitrogens with zero attached hydrogens (tertiary/aromatic N) is 1. The first kappa shape index (κ1) is 37.8. The Morgan fingerprint density at radius 3 is 2.16 bits per heavy atom. The highest BCUT2D eigenvalue weighted by atomic mass is 28.4. The maximum atomic E-state index is 12.7. The smallest absolute Gasteiger partial charge is 0.264 e. The van der Waals surface area contributed by atoms with Crippen LogP contribution in [0, 0.1) is 11.8 Å². The van der Waals surface area contributed by atoms with Crippen molar-refractivity contribution in [3.63, 3.8) is 0 Å². The van der Waals surface area contributed by atoms with Crippen LogP contribution >= 0.6 is 0 Å². The quantitative estimate of drug-likeness (QED) is 0.0563. The molecule has 9 nitrogen and oxygen atoms in total. The maximum Gasteiger partial charge on any atom is 0.264 e. The standard InChI is InChI=1S/C33H59N3O6Si3/c1-22(19-29(37)35-36-33(34)25-16-14-13-15-17-25)18-27-32(42-45(10,11)12)31(41-44(7,8)9)26(21-38-27)20-28-30(39-28)23(2)24(3)40-43(4,5)6/h13-17,19,23-24,26-28,30-32H,18,20-21H2,1-12H3,(H2,34,36)(H,35,37)/b22-19+/t23-,24-,26-,27-,28-,30-,31+,32-/m0/s1.